The fourth-order valence-electron chi connectivity index (χ4n) is 6.45. The van der Waals surface area contributed by atoms with Gasteiger partial charge in [-0.3, -0.25) is 15.0 Å². The van der Waals surface area contributed by atoms with Gasteiger partial charge in [0, 0.05) is 58.1 Å². The van der Waals surface area contributed by atoms with Crippen LogP contribution in [0.1, 0.15) is 22.9 Å². The molecule has 6 heteroatoms. The molecule has 6 nitrogen and oxygen atoms in total. The van der Waals surface area contributed by atoms with E-state index in [0.717, 1.165) is 77.9 Å². The van der Waals surface area contributed by atoms with Crippen LogP contribution in [0.4, 0.5) is 0 Å². The molecule has 8 aromatic rings. The molecule has 9 rings (SSSR count). The lowest BCUT2D eigenvalue weighted by atomic mass is 10.0. The Kier molecular flexibility index (Phi) is 6.09. The summed E-state index contributed by atoms with van der Waals surface area (Å²) in [7, 11) is 0. The first-order valence-corrected chi connectivity index (χ1v) is 15.3. The molecule has 0 fully saturated rings. The van der Waals surface area contributed by atoms with E-state index < -0.39 is 0 Å². The summed E-state index contributed by atoms with van der Waals surface area (Å²) in [4.78, 5) is 13.5. The van der Waals surface area contributed by atoms with Gasteiger partial charge in [0.1, 0.15) is 17.5 Å². The average molecular weight is 594 g/mol. The molecule has 218 valence electrons. The summed E-state index contributed by atoms with van der Waals surface area (Å²) in [6.45, 7) is 0. The van der Waals surface area contributed by atoms with Crippen LogP contribution in [0.25, 0.3) is 55.5 Å². The third-order valence-corrected chi connectivity index (χ3v) is 8.65. The Labute approximate surface area is 265 Å². The maximum Gasteiger partial charge on any atom is 0.145 e. The predicted molar refractivity (Wildman–Crippen MR) is 185 cm³/mol. The number of hydrogen-bond donors (Lipinski definition) is 1. The zero-order chi connectivity index (χ0) is 30.5. The highest BCUT2D eigenvalue weighted by molar-refractivity contribution is 6.20. The number of fused-ring (bicyclic) bond motifs is 5. The summed E-state index contributed by atoms with van der Waals surface area (Å²) < 4.78 is 8.89. The van der Waals surface area contributed by atoms with Crippen LogP contribution in [-0.4, -0.2) is 20.2 Å². The molecule has 5 heterocycles. The number of pyridine rings is 2. The molecular formula is C40H27N5O. The number of nitrogens with zero attached hydrogens (tertiary/aromatic N) is 4. The van der Waals surface area contributed by atoms with Crippen LogP contribution in [0.2, 0.25) is 0 Å². The van der Waals surface area contributed by atoms with E-state index in [1.54, 1.807) is 12.4 Å². The second-order valence-corrected chi connectivity index (χ2v) is 11.4. The Hall–Kier alpha value is -6.27. The van der Waals surface area contributed by atoms with E-state index >= 15 is 0 Å². The summed E-state index contributed by atoms with van der Waals surface area (Å²) in [5.74, 6) is 0.872. The van der Waals surface area contributed by atoms with Crippen LogP contribution in [0.3, 0.4) is 0 Å². The molecule has 4 aromatic heterocycles. The zero-order valence-electron chi connectivity index (χ0n) is 24.7. The highest BCUT2D eigenvalue weighted by atomic mass is 16.3. The highest BCUT2D eigenvalue weighted by Gasteiger charge is 2.21. The number of benzene rings is 4. The van der Waals surface area contributed by atoms with Gasteiger partial charge in [0.15, 0.2) is 0 Å². The third-order valence-electron chi connectivity index (χ3n) is 8.65. The van der Waals surface area contributed by atoms with E-state index in [2.05, 4.69) is 105 Å². The van der Waals surface area contributed by atoms with Crippen molar-refractivity contribution in [2.24, 2.45) is 4.99 Å². The molecule has 0 amide bonds. The number of rotatable bonds is 5. The molecule has 1 aliphatic heterocycles. The number of hydrogen-bond acceptors (Lipinski definition) is 5. The summed E-state index contributed by atoms with van der Waals surface area (Å²) >= 11 is 0. The van der Waals surface area contributed by atoms with Crippen LogP contribution in [0.15, 0.2) is 162 Å². The molecule has 4 aromatic carbocycles. The minimum atomic E-state index is -0.236. The first kappa shape index (κ1) is 26.2. The quantitative estimate of drug-likeness (QED) is 0.216. The van der Waals surface area contributed by atoms with Gasteiger partial charge >= 0.3 is 0 Å². The number of aromatic nitrogens is 3. The number of nitrogens with one attached hydrogen (secondary N) is 1. The van der Waals surface area contributed by atoms with Crippen molar-refractivity contribution < 1.29 is 4.42 Å². The van der Waals surface area contributed by atoms with Crippen molar-refractivity contribution in [3.8, 4) is 17.0 Å². The molecule has 1 N–H and O–H groups in total. The Balaban J connectivity index is 1.16. The highest BCUT2D eigenvalue weighted by Crippen LogP contribution is 2.39. The summed E-state index contributed by atoms with van der Waals surface area (Å²) in [5, 5.41) is 6.96. The standard InChI is InChI=1S/C40H27N5O/c1-2-6-28(7-3-1)37-24-30-12-15-36-38(39(30)46-37)32-8-4-5-9-35(32)45(36)31-13-10-26(11-14-31)33-25-34(27-16-20-41-21-17-27)44-40(43-33)29-18-22-42-23-19-29/h1-25,40,44H. The Morgan fingerprint density at radius 2 is 1.37 bits per heavy atom. The maximum absolute atomic E-state index is 6.57. The van der Waals surface area contributed by atoms with Gasteiger partial charge in [0.2, 0.25) is 0 Å². The molecule has 0 radical (unpaired) electrons. The molecule has 0 spiro atoms. The fraction of sp³-hybridized carbons (Fsp3) is 0.0250. The third kappa shape index (κ3) is 4.39. The molecule has 46 heavy (non-hydrogen) atoms. The van der Waals surface area contributed by atoms with Crippen molar-refractivity contribution in [2.45, 2.75) is 6.17 Å². The van der Waals surface area contributed by atoms with E-state index in [4.69, 9.17) is 9.41 Å². The summed E-state index contributed by atoms with van der Waals surface area (Å²) in [5.41, 5.74) is 10.3. The van der Waals surface area contributed by atoms with Gasteiger partial charge < -0.3 is 14.3 Å². The molecule has 1 atom stereocenters. The van der Waals surface area contributed by atoms with Crippen LogP contribution in [0.5, 0.6) is 0 Å². The van der Waals surface area contributed by atoms with Crippen LogP contribution in [-0.2, 0) is 0 Å². The molecule has 0 saturated heterocycles. The first-order valence-electron chi connectivity index (χ1n) is 15.3. The summed E-state index contributed by atoms with van der Waals surface area (Å²) in [6, 6.07) is 42.0. The van der Waals surface area contributed by atoms with Gasteiger partial charge in [-0.05, 0) is 77.9 Å². The van der Waals surface area contributed by atoms with Crippen LogP contribution in [0, 0.1) is 0 Å². The lowest BCUT2D eigenvalue weighted by Gasteiger charge is -2.24. The van der Waals surface area contributed by atoms with Crippen molar-refractivity contribution in [1.82, 2.24) is 19.9 Å². The van der Waals surface area contributed by atoms with Gasteiger partial charge in [-0.25, -0.2) is 0 Å². The smallest absolute Gasteiger partial charge is 0.145 e. The fourth-order valence-corrected chi connectivity index (χ4v) is 6.45. The van der Waals surface area contributed by atoms with Gasteiger partial charge in [-0.1, -0.05) is 60.7 Å². The van der Waals surface area contributed by atoms with Crippen molar-refractivity contribution in [2.75, 3.05) is 0 Å². The second-order valence-electron chi connectivity index (χ2n) is 11.4. The van der Waals surface area contributed by atoms with Crippen molar-refractivity contribution in [3.05, 3.63) is 169 Å². The second kappa shape index (κ2) is 10.7. The molecule has 0 saturated carbocycles. The molecule has 0 bridgehead atoms. The predicted octanol–water partition coefficient (Wildman–Crippen LogP) is 9.12. The SMILES string of the molecule is C1=C(c2ccncc2)NC(c2ccncc2)N=C1c1ccc(-n2c3ccccc3c3c4oc(-c5ccccc5)cc4ccc32)cc1. The molecular weight excluding hydrogens is 566 g/mol. The minimum absolute atomic E-state index is 0.236. The van der Waals surface area contributed by atoms with Crippen molar-refractivity contribution in [1.29, 1.82) is 0 Å². The summed E-state index contributed by atoms with van der Waals surface area (Å²) in [6.07, 6.45) is 9.10. The topological polar surface area (TPSA) is 68.2 Å². The maximum atomic E-state index is 6.57. The normalized spacial score (nSPS) is 14.7. The number of para-hydroxylation sites is 1. The molecule has 1 unspecified atom stereocenters. The van der Waals surface area contributed by atoms with E-state index in [9.17, 15) is 0 Å². The lowest BCUT2D eigenvalue weighted by Crippen LogP contribution is -2.24. The van der Waals surface area contributed by atoms with Gasteiger partial charge in [-0.2, -0.15) is 0 Å². The Morgan fingerprint density at radius 3 is 2.17 bits per heavy atom. The molecule has 1 aliphatic rings. The zero-order valence-corrected chi connectivity index (χ0v) is 24.7. The van der Waals surface area contributed by atoms with Crippen LogP contribution >= 0.6 is 0 Å². The first-order chi connectivity index (χ1) is 22.8. The lowest BCUT2D eigenvalue weighted by molar-refractivity contribution is 0.635. The minimum Gasteiger partial charge on any atom is -0.455 e. The van der Waals surface area contributed by atoms with Gasteiger partial charge in [0.05, 0.1) is 22.1 Å². The van der Waals surface area contributed by atoms with Gasteiger partial charge in [-0.15, -0.1) is 0 Å². The monoisotopic (exact) mass is 593 g/mol. The Morgan fingerprint density at radius 1 is 0.630 bits per heavy atom. The average Bonchev–Trinajstić information content (AvgIpc) is 3.72. The molecule has 0 aliphatic carbocycles. The van der Waals surface area contributed by atoms with E-state index in [0.29, 0.717) is 0 Å². The number of aliphatic imine (C=N–C) groups is 1. The van der Waals surface area contributed by atoms with Crippen LogP contribution < -0.4 is 5.32 Å². The van der Waals surface area contributed by atoms with E-state index in [1.165, 1.54) is 0 Å². The van der Waals surface area contributed by atoms with Crippen molar-refractivity contribution in [3.63, 3.8) is 0 Å². The van der Waals surface area contributed by atoms with E-state index in [1.807, 2.05) is 54.9 Å². The number of allylic oxidation sites excluding steroid dienone is 1. The number of furan rings is 1. The largest absolute Gasteiger partial charge is 0.455 e. The van der Waals surface area contributed by atoms with Crippen molar-refractivity contribution >= 4 is 44.2 Å². The van der Waals surface area contributed by atoms with Gasteiger partial charge in [0.25, 0.3) is 0 Å². The van der Waals surface area contributed by atoms with E-state index in [-0.39, 0.29) is 6.17 Å². The Bertz CT molecular complexity index is 2420.